The van der Waals surface area contributed by atoms with Crippen molar-refractivity contribution in [1.82, 2.24) is 9.21 Å². The standard InChI is InChI=1S/C12H21N3O2S2/c1-14-4-3-10(7-14)8-15(2)19(16,17)12-5-11(6-13)18-9-12/h5,9-10H,3-4,6-8,13H2,1-2H3. The molecule has 1 aromatic rings. The van der Waals surface area contributed by atoms with Gasteiger partial charge >= 0.3 is 0 Å². The Hall–Kier alpha value is -0.470. The van der Waals surface area contributed by atoms with E-state index in [4.69, 9.17) is 5.73 Å². The van der Waals surface area contributed by atoms with E-state index < -0.39 is 10.0 Å². The summed E-state index contributed by atoms with van der Waals surface area (Å²) in [4.78, 5) is 3.50. The van der Waals surface area contributed by atoms with Crippen LogP contribution >= 0.6 is 11.3 Å². The maximum absolute atomic E-state index is 12.4. The Balaban J connectivity index is 2.06. The van der Waals surface area contributed by atoms with E-state index in [9.17, 15) is 8.42 Å². The first-order valence-corrected chi connectivity index (χ1v) is 8.68. The van der Waals surface area contributed by atoms with Crippen LogP contribution in [0.25, 0.3) is 0 Å². The number of nitrogens with zero attached hydrogens (tertiary/aromatic N) is 2. The van der Waals surface area contributed by atoms with E-state index in [1.54, 1.807) is 18.5 Å². The van der Waals surface area contributed by atoms with Crippen molar-refractivity contribution in [3.8, 4) is 0 Å². The van der Waals surface area contributed by atoms with Gasteiger partial charge in [-0.1, -0.05) is 0 Å². The first-order valence-electron chi connectivity index (χ1n) is 6.36. The van der Waals surface area contributed by atoms with Crippen molar-refractivity contribution in [3.63, 3.8) is 0 Å². The van der Waals surface area contributed by atoms with Gasteiger partial charge in [-0.3, -0.25) is 0 Å². The molecule has 0 aromatic carbocycles. The molecule has 5 nitrogen and oxygen atoms in total. The lowest BCUT2D eigenvalue weighted by atomic mass is 10.1. The summed E-state index contributed by atoms with van der Waals surface area (Å²) in [5, 5.41) is 1.68. The highest BCUT2D eigenvalue weighted by Crippen LogP contribution is 2.24. The molecule has 1 aliphatic rings. The van der Waals surface area contributed by atoms with Crippen molar-refractivity contribution in [2.24, 2.45) is 11.7 Å². The Morgan fingerprint density at radius 3 is 2.84 bits per heavy atom. The summed E-state index contributed by atoms with van der Waals surface area (Å²) in [5.41, 5.74) is 5.53. The minimum atomic E-state index is -3.36. The summed E-state index contributed by atoms with van der Waals surface area (Å²) >= 11 is 1.40. The molecule has 1 aliphatic heterocycles. The highest BCUT2D eigenvalue weighted by atomic mass is 32.2. The molecular formula is C12H21N3O2S2. The second kappa shape index (κ2) is 5.88. The molecule has 7 heteroatoms. The summed E-state index contributed by atoms with van der Waals surface area (Å²) in [6, 6.07) is 1.68. The van der Waals surface area contributed by atoms with Crippen molar-refractivity contribution in [3.05, 3.63) is 16.3 Å². The van der Waals surface area contributed by atoms with Gasteiger partial charge < -0.3 is 10.6 Å². The third-order valence-electron chi connectivity index (χ3n) is 3.54. The Morgan fingerprint density at radius 1 is 1.58 bits per heavy atom. The van der Waals surface area contributed by atoms with Gasteiger partial charge in [0.1, 0.15) is 0 Å². The van der Waals surface area contributed by atoms with Gasteiger partial charge in [0.25, 0.3) is 0 Å². The monoisotopic (exact) mass is 303 g/mol. The Bertz CT molecular complexity index is 527. The fourth-order valence-electron chi connectivity index (χ4n) is 2.42. The van der Waals surface area contributed by atoms with Crippen LogP contribution in [0.4, 0.5) is 0 Å². The lowest BCUT2D eigenvalue weighted by molar-refractivity contribution is 0.357. The van der Waals surface area contributed by atoms with E-state index in [1.807, 2.05) is 0 Å². The summed E-state index contributed by atoms with van der Waals surface area (Å²) in [6.45, 7) is 2.99. The van der Waals surface area contributed by atoms with Crippen molar-refractivity contribution in [2.45, 2.75) is 17.9 Å². The van der Waals surface area contributed by atoms with E-state index >= 15 is 0 Å². The molecule has 19 heavy (non-hydrogen) atoms. The highest BCUT2D eigenvalue weighted by Gasteiger charge is 2.27. The van der Waals surface area contributed by atoms with E-state index in [2.05, 4.69) is 11.9 Å². The first-order chi connectivity index (χ1) is 8.93. The highest BCUT2D eigenvalue weighted by molar-refractivity contribution is 7.89. The van der Waals surface area contributed by atoms with Crippen LogP contribution in [-0.4, -0.2) is 51.4 Å². The number of sulfonamides is 1. The van der Waals surface area contributed by atoms with Crippen LogP contribution in [-0.2, 0) is 16.6 Å². The molecular weight excluding hydrogens is 282 g/mol. The number of hydrogen-bond acceptors (Lipinski definition) is 5. The topological polar surface area (TPSA) is 66.6 Å². The minimum Gasteiger partial charge on any atom is -0.326 e. The van der Waals surface area contributed by atoms with Crippen LogP contribution in [0.15, 0.2) is 16.3 Å². The average molecular weight is 303 g/mol. The average Bonchev–Trinajstić information content (AvgIpc) is 2.98. The molecule has 1 unspecified atom stereocenters. The van der Waals surface area contributed by atoms with Crippen molar-refractivity contribution in [2.75, 3.05) is 33.7 Å². The molecule has 0 aliphatic carbocycles. The lowest BCUT2D eigenvalue weighted by Crippen LogP contribution is -2.32. The van der Waals surface area contributed by atoms with Gasteiger partial charge in [0.05, 0.1) is 4.90 Å². The maximum atomic E-state index is 12.4. The molecule has 2 N–H and O–H groups in total. The van der Waals surface area contributed by atoms with Gasteiger partial charge in [-0.05, 0) is 32.0 Å². The van der Waals surface area contributed by atoms with Crippen LogP contribution in [0, 0.1) is 5.92 Å². The Labute approximate surface area is 119 Å². The SMILES string of the molecule is CN1CCC(CN(C)S(=O)(=O)c2csc(CN)c2)C1. The maximum Gasteiger partial charge on any atom is 0.243 e. The van der Waals surface area contributed by atoms with Crippen LogP contribution in [0.1, 0.15) is 11.3 Å². The largest absolute Gasteiger partial charge is 0.326 e. The van der Waals surface area contributed by atoms with Crippen LogP contribution < -0.4 is 5.73 Å². The zero-order valence-electron chi connectivity index (χ0n) is 11.4. The number of nitrogens with two attached hydrogens (primary N) is 1. The fraction of sp³-hybridized carbons (Fsp3) is 0.667. The minimum absolute atomic E-state index is 0.367. The number of likely N-dealkylation sites (tertiary alicyclic amines) is 1. The van der Waals surface area contributed by atoms with Gasteiger partial charge in [0, 0.05) is 36.9 Å². The zero-order chi connectivity index (χ0) is 14.0. The van der Waals surface area contributed by atoms with Crippen molar-refractivity contribution >= 4 is 21.4 Å². The summed E-state index contributed by atoms with van der Waals surface area (Å²) in [6.07, 6.45) is 1.06. The predicted octanol–water partition coefficient (Wildman–Crippen LogP) is 0.779. The predicted molar refractivity (Wildman–Crippen MR) is 77.6 cm³/mol. The first kappa shape index (κ1) is 14.9. The molecule has 1 atom stereocenters. The van der Waals surface area contributed by atoms with Gasteiger partial charge in [0.2, 0.25) is 10.0 Å². The van der Waals surface area contributed by atoms with E-state index in [0.717, 1.165) is 24.4 Å². The third kappa shape index (κ3) is 3.35. The van der Waals surface area contributed by atoms with Crippen LogP contribution in [0.3, 0.4) is 0 Å². The normalized spacial score (nSPS) is 21.4. The van der Waals surface area contributed by atoms with Crippen LogP contribution in [0.2, 0.25) is 0 Å². The molecule has 108 valence electrons. The van der Waals surface area contributed by atoms with E-state index in [0.29, 0.717) is 23.9 Å². The van der Waals surface area contributed by atoms with Crippen LogP contribution in [0.5, 0.6) is 0 Å². The number of thiophene rings is 1. The second-order valence-electron chi connectivity index (χ2n) is 5.16. The molecule has 0 amide bonds. The molecule has 1 fully saturated rings. The molecule has 0 spiro atoms. The molecule has 0 saturated carbocycles. The molecule has 2 heterocycles. The van der Waals surface area contributed by atoms with E-state index in [-0.39, 0.29) is 0 Å². The smallest absolute Gasteiger partial charge is 0.243 e. The molecule has 1 saturated heterocycles. The lowest BCUT2D eigenvalue weighted by Gasteiger charge is -2.20. The molecule has 0 radical (unpaired) electrons. The number of rotatable bonds is 5. The van der Waals surface area contributed by atoms with E-state index in [1.165, 1.54) is 15.6 Å². The fourth-order valence-corrected chi connectivity index (χ4v) is 4.81. The summed E-state index contributed by atoms with van der Waals surface area (Å²) in [7, 11) is 0.367. The number of hydrogen-bond donors (Lipinski definition) is 1. The Morgan fingerprint density at radius 2 is 2.32 bits per heavy atom. The van der Waals surface area contributed by atoms with Crippen molar-refractivity contribution in [1.29, 1.82) is 0 Å². The summed E-state index contributed by atoms with van der Waals surface area (Å²) < 4.78 is 26.3. The van der Waals surface area contributed by atoms with Gasteiger partial charge in [-0.25, -0.2) is 12.7 Å². The molecule has 1 aromatic heterocycles. The molecule has 0 bridgehead atoms. The Kier molecular flexibility index (Phi) is 4.62. The van der Waals surface area contributed by atoms with Crippen molar-refractivity contribution < 1.29 is 8.42 Å². The van der Waals surface area contributed by atoms with Gasteiger partial charge in [-0.15, -0.1) is 11.3 Å². The second-order valence-corrected chi connectivity index (χ2v) is 8.20. The molecule has 2 rings (SSSR count). The quantitative estimate of drug-likeness (QED) is 0.873. The van der Waals surface area contributed by atoms with Gasteiger partial charge in [-0.2, -0.15) is 0 Å². The third-order valence-corrected chi connectivity index (χ3v) is 6.45. The summed E-state index contributed by atoms with van der Waals surface area (Å²) in [5.74, 6) is 0.428. The zero-order valence-corrected chi connectivity index (χ0v) is 13.0. The van der Waals surface area contributed by atoms with Gasteiger partial charge in [0.15, 0.2) is 0 Å².